The molecular formula is C17H23NO3. The van der Waals surface area contributed by atoms with Crippen LogP contribution in [0.1, 0.15) is 38.2 Å². The summed E-state index contributed by atoms with van der Waals surface area (Å²) in [6.45, 7) is 2.29. The number of carbonyl (C=O) groups is 1. The lowest BCUT2D eigenvalue weighted by Gasteiger charge is -2.31. The number of para-hydroxylation sites is 1. The van der Waals surface area contributed by atoms with Crippen molar-refractivity contribution >= 4 is 5.97 Å². The van der Waals surface area contributed by atoms with E-state index in [1.807, 2.05) is 24.3 Å². The lowest BCUT2D eigenvalue weighted by Crippen LogP contribution is -2.59. The Kier molecular flexibility index (Phi) is 3.89. The van der Waals surface area contributed by atoms with Crippen molar-refractivity contribution in [3.05, 3.63) is 29.8 Å². The number of hydrogen-bond acceptors (Lipinski definition) is 3. The van der Waals surface area contributed by atoms with Gasteiger partial charge in [0.2, 0.25) is 0 Å². The van der Waals surface area contributed by atoms with Crippen molar-refractivity contribution in [1.82, 2.24) is 5.32 Å². The maximum atomic E-state index is 11.9. The topological polar surface area (TPSA) is 58.6 Å². The number of aryl methyl sites for hydroxylation is 1. The standard InChI is InChI=1S/C17H23NO3/c1-2-12-5-3-4-6-15(12)21-11-17(16(19)20,13-7-8-13)18-14-9-10-14/h3-6,13-14,18H,2,7-11H2,1H3,(H,19,20). The molecule has 0 radical (unpaired) electrons. The number of carboxylic acids is 1. The first kappa shape index (κ1) is 14.4. The Morgan fingerprint density at radius 1 is 1.33 bits per heavy atom. The van der Waals surface area contributed by atoms with Gasteiger partial charge in [-0.3, -0.25) is 10.1 Å². The molecule has 21 heavy (non-hydrogen) atoms. The summed E-state index contributed by atoms with van der Waals surface area (Å²) in [6.07, 6.45) is 4.99. The third kappa shape index (κ3) is 3.05. The van der Waals surface area contributed by atoms with E-state index in [0.29, 0.717) is 6.04 Å². The number of carboxylic acid groups (broad SMARTS) is 1. The number of nitrogens with one attached hydrogen (secondary N) is 1. The molecule has 0 bridgehead atoms. The van der Waals surface area contributed by atoms with E-state index in [9.17, 15) is 9.90 Å². The van der Waals surface area contributed by atoms with Gasteiger partial charge in [0.15, 0.2) is 5.54 Å². The van der Waals surface area contributed by atoms with Crippen molar-refractivity contribution in [1.29, 1.82) is 0 Å². The van der Waals surface area contributed by atoms with E-state index in [1.165, 1.54) is 0 Å². The maximum Gasteiger partial charge on any atom is 0.327 e. The summed E-state index contributed by atoms with van der Waals surface area (Å²) in [4.78, 5) is 11.9. The molecule has 2 saturated carbocycles. The molecule has 0 saturated heterocycles. The van der Waals surface area contributed by atoms with Crippen molar-refractivity contribution in [3.63, 3.8) is 0 Å². The quantitative estimate of drug-likeness (QED) is 0.772. The second-order valence-corrected chi connectivity index (χ2v) is 6.22. The molecule has 1 atom stereocenters. The predicted octanol–water partition coefficient (Wildman–Crippen LogP) is 2.61. The Bertz CT molecular complexity index is 523. The van der Waals surface area contributed by atoms with Gasteiger partial charge in [0.25, 0.3) is 0 Å². The lowest BCUT2D eigenvalue weighted by atomic mass is 9.94. The number of aliphatic carboxylic acids is 1. The second kappa shape index (κ2) is 5.68. The molecule has 1 unspecified atom stereocenters. The van der Waals surface area contributed by atoms with Crippen LogP contribution in [0.25, 0.3) is 0 Å². The number of rotatable bonds is 8. The molecule has 0 heterocycles. The fraction of sp³-hybridized carbons (Fsp3) is 0.588. The summed E-state index contributed by atoms with van der Waals surface area (Å²) in [5, 5.41) is 13.1. The van der Waals surface area contributed by atoms with Gasteiger partial charge in [-0.15, -0.1) is 0 Å². The van der Waals surface area contributed by atoms with Gasteiger partial charge in [-0.05, 0) is 49.7 Å². The van der Waals surface area contributed by atoms with Gasteiger partial charge < -0.3 is 9.84 Å². The van der Waals surface area contributed by atoms with Crippen LogP contribution in [0.2, 0.25) is 0 Å². The van der Waals surface area contributed by atoms with Crippen molar-refractivity contribution in [2.24, 2.45) is 5.92 Å². The van der Waals surface area contributed by atoms with Crippen molar-refractivity contribution in [2.75, 3.05) is 6.61 Å². The molecule has 0 amide bonds. The summed E-state index contributed by atoms with van der Waals surface area (Å²) in [7, 11) is 0. The highest BCUT2D eigenvalue weighted by Crippen LogP contribution is 2.42. The smallest absolute Gasteiger partial charge is 0.327 e. The summed E-state index contributed by atoms with van der Waals surface area (Å²) in [5.74, 6) is 0.235. The fourth-order valence-corrected chi connectivity index (χ4v) is 2.87. The number of ether oxygens (including phenoxy) is 1. The van der Waals surface area contributed by atoms with E-state index >= 15 is 0 Å². The Morgan fingerprint density at radius 2 is 2.05 bits per heavy atom. The molecule has 114 valence electrons. The molecule has 4 nitrogen and oxygen atoms in total. The SMILES string of the molecule is CCc1ccccc1OCC(NC1CC1)(C(=O)O)C1CC1. The molecule has 2 fully saturated rings. The van der Waals surface area contributed by atoms with Gasteiger partial charge in [0, 0.05) is 6.04 Å². The summed E-state index contributed by atoms with van der Waals surface area (Å²) < 4.78 is 5.94. The van der Waals surface area contributed by atoms with E-state index in [-0.39, 0.29) is 12.5 Å². The number of benzene rings is 1. The van der Waals surface area contributed by atoms with Crippen LogP contribution in [-0.4, -0.2) is 29.3 Å². The van der Waals surface area contributed by atoms with Crippen LogP contribution in [0, 0.1) is 5.92 Å². The normalized spacial score (nSPS) is 20.8. The third-order valence-electron chi connectivity index (χ3n) is 4.50. The first-order valence-electron chi connectivity index (χ1n) is 7.87. The van der Waals surface area contributed by atoms with E-state index in [2.05, 4.69) is 12.2 Å². The van der Waals surface area contributed by atoms with Crippen molar-refractivity contribution in [2.45, 2.75) is 50.6 Å². The summed E-state index contributed by atoms with van der Waals surface area (Å²) in [6, 6.07) is 8.23. The minimum atomic E-state index is -0.915. The van der Waals surface area contributed by atoms with Gasteiger partial charge in [0.05, 0.1) is 0 Å². The maximum absolute atomic E-state index is 11.9. The van der Waals surface area contributed by atoms with E-state index in [1.54, 1.807) is 0 Å². The van der Waals surface area contributed by atoms with Crippen LogP contribution in [0.3, 0.4) is 0 Å². The Labute approximate surface area is 125 Å². The average Bonchev–Trinajstić information content (AvgIpc) is 3.36. The highest BCUT2D eigenvalue weighted by atomic mass is 16.5. The molecule has 2 N–H and O–H groups in total. The van der Waals surface area contributed by atoms with Crippen LogP contribution in [-0.2, 0) is 11.2 Å². The van der Waals surface area contributed by atoms with Gasteiger partial charge in [0.1, 0.15) is 12.4 Å². The molecule has 1 aromatic carbocycles. The first-order chi connectivity index (χ1) is 10.2. The molecule has 4 heteroatoms. The minimum absolute atomic E-state index is 0.199. The van der Waals surface area contributed by atoms with Crippen LogP contribution < -0.4 is 10.1 Å². The highest BCUT2D eigenvalue weighted by Gasteiger charge is 2.54. The van der Waals surface area contributed by atoms with E-state index < -0.39 is 11.5 Å². The highest BCUT2D eigenvalue weighted by molar-refractivity contribution is 5.80. The Morgan fingerprint density at radius 3 is 2.62 bits per heavy atom. The fourth-order valence-electron chi connectivity index (χ4n) is 2.87. The largest absolute Gasteiger partial charge is 0.491 e. The van der Waals surface area contributed by atoms with Crippen LogP contribution in [0.15, 0.2) is 24.3 Å². The first-order valence-corrected chi connectivity index (χ1v) is 7.87. The monoisotopic (exact) mass is 289 g/mol. The predicted molar refractivity (Wildman–Crippen MR) is 80.6 cm³/mol. The number of hydrogen-bond donors (Lipinski definition) is 2. The molecule has 2 aliphatic rings. The van der Waals surface area contributed by atoms with E-state index in [4.69, 9.17) is 4.74 Å². The minimum Gasteiger partial charge on any atom is -0.491 e. The molecular weight excluding hydrogens is 266 g/mol. The Hall–Kier alpha value is -1.55. The molecule has 1 aromatic rings. The summed E-state index contributed by atoms with van der Waals surface area (Å²) >= 11 is 0. The molecule has 2 aliphatic carbocycles. The van der Waals surface area contributed by atoms with Crippen molar-refractivity contribution in [3.8, 4) is 5.75 Å². The van der Waals surface area contributed by atoms with Crippen LogP contribution in [0.5, 0.6) is 5.75 Å². The van der Waals surface area contributed by atoms with E-state index in [0.717, 1.165) is 43.4 Å². The lowest BCUT2D eigenvalue weighted by molar-refractivity contribution is -0.147. The molecule has 3 rings (SSSR count). The summed E-state index contributed by atoms with van der Waals surface area (Å²) in [5.41, 5.74) is 0.209. The zero-order valence-electron chi connectivity index (χ0n) is 12.5. The van der Waals surface area contributed by atoms with Gasteiger partial charge in [-0.1, -0.05) is 25.1 Å². The third-order valence-corrected chi connectivity index (χ3v) is 4.50. The van der Waals surface area contributed by atoms with Gasteiger partial charge >= 0.3 is 5.97 Å². The molecule has 0 spiro atoms. The van der Waals surface area contributed by atoms with Crippen molar-refractivity contribution < 1.29 is 14.6 Å². The van der Waals surface area contributed by atoms with Gasteiger partial charge in [-0.25, -0.2) is 0 Å². The second-order valence-electron chi connectivity index (χ2n) is 6.22. The zero-order valence-corrected chi connectivity index (χ0v) is 12.5. The molecule has 0 aromatic heterocycles. The van der Waals surface area contributed by atoms with Crippen LogP contribution >= 0.6 is 0 Å². The zero-order chi connectivity index (χ0) is 14.9. The molecule has 0 aliphatic heterocycles. The Balaban J connectivity index is 1.76. The van der Waals surface area contributed by atoms with Crippen LogP contribution in [0.4, 0.5) is 0 Å². The van der Waals surface area contributed by atoms with Gasteiger partial charge in [-0.2, -0.15) is 0 Å². The average molecular weight is 289 g/mol.